The van der Waals surface area contributed by atoms with Crippen molar-refractivity contribution in [3.63, 3.8) is 0 Å². The maximum Gasteiger partial charge on any atom is 0.102 e. The summed E-state index contributed by atoms with van der Waals surface area (Å²) in [5.41, 5.74) is 0.571. The minimum absolute atomic E-state index is 0.571. The summed E-state index contributed by atoms with van der Waals surface area (Å²) in [5, 5.41) is 0. The minimum atomic E-state index is 0.571. The molecule has 4 heteroatoms. The van der Waals surface area contributed by atoms with Crippen LogP contribution in [0.2, 0.25) is 0 Å². The van der Waals surface area contributed by atoms with Crippen molar-refractivity contribution >= 4 is 15.9 Å². The molecule has 0 N–H and O–H groups in total. The molecule has 0 aromatic carbocycles. The van der Waals surface area contributed by atoms with Crippen LogP contribution in [0.4, 0.5) is 0 Å². The molecule has 0 atom stereocenters. The molecule has 0 bridgehead atoms. The molecule has 0 spiro atoms. The minimum Gasteiger partial charge on any atom is -0.379 e. The molecule has 0 fully saturated rings. The molecule has 0 aliphatic carbocycles. The van der Waals surface area contributed by atoms with Crippen molar-refractivity contribution in [3.05, 3.63) is 0 Å². The second kappa shape index (κ2) is 10.4. The molecule has 0 saturated carbocycles. The molecule has 0 saturated heterocycles. The maximum atomic E-state index is 5.17. The van der Waals surface area contributed by atoms with Gasteiger partial charge in [0.1, 0.15) is 5.52 Å². The van der Waals surface area contributed by atoms with E-state index < -0.39 is 0 Å². The largest absolute Gasteiger partial charge is 0.379 e. The predicted octanol–water partition coefficient (Wildman–Crippen LogP) is 1.41. The summed E-state index contributed by atoms with van der Waals surface area (Å²) in [6.07, 6.45) is 0. The zero-order chi connectivity index (χ0) is 8.36. The van der Waals surface area contributed by atoms with Gasteiger partial charge in [0.2, 0.25) is 0 Å². The monoisotopic (exact) mass is 226 g/mol. The van der Waals surface area contributed by atoms with E-state index in [0.29, 0.717) is 31.9 Å². The van der Waals surface area contributed by atoms with Crippen molar-refractivity contribution in [1.29, 1.82) is 0 Å². The first kappa shape index (κ1) is 11.4. The topological polar surface area (TPSA) is 27.7 Å². The van der Waals surface area contributed by atoms with Gasteiger partial charge in [0, 0.05) is 6.61 Å². The first-order valence-electron chi connectivity index (χ1n) is 3.71. The molecule has 11 heavy (non-hydrogen) atoms. The molecule has 0 aliphatic rings. The van der Waals surface area contributed by atoms with Gasteiger partial charge in [0.05, 0.1) is 26.4 Å². The Morgan fingerprint density at radius 1 is 0.909 bits per heavy atom. The molecule has 0 rings (SSSR count). The number of alkyl halides is 1. The lowest BCUT2D eigenvalue weighted by Gasteiger charge is -2.03. The van der Waals surface area contributed by atoms with E-state index >= 15 is 0 Å². The maximum absolute atomic E-state index is 5.17. The molecule has 68 valence electrons. The highest BCUT2D eigenvalue weighted by molar-refractivity contribution is 9.09. The molecule has 0 aromatic heterocycles. The Morgan fingerprint density at radius 2 is 1.45 bits per heavy atom. The highest BCUT2D eigenvalue weighted by Crippen LogP contribution is 1.83. The Kier molecular flexibility index (Phi) is 10.7. The van der Waals surface area contributed by atoms with Gasteiger partial charge >= 0.3 is 0 Å². The molecular formula is C7H15BrO3. The number of hydrogen-bond donors (Lipinski definition) is 0. The van der Waals surface area contributed by atoms with Crippen molar-refractivity contribution in [3.8, 4) is 0 Å². The van der Waals surface area contributed by atoms with Crippen molar-refractivity contribution in [2.75, 3.05) is 38.6 Å². The number of hydrogen-bond acceptors (Lipinski definition) is 3. The molecule has 0 aromatic rings. The Hall–Kier alpha value is 0.360. The smallest absolute Gasteiger partial charge is 0.102 e. The fourth-order valence-corrected chi connectivity index (χ4v) is 0.766. The normalized spacial score (nSPS) is 10.4. The first-order valence-corrected chi connectivity index (χ1v) is 4.83. The van der Waals surface area contributed by atoms with Crippen LogP contribution in [0, 0.1) is 0 Å². The lowest BCUT2D eigenvalue weighted by Crippen LogP contribution is -2.08. The van der Waals surface area contributed by atoms with Gasteiger partial charge < -0.3 is 14.2 Å². The Labute approximate surface area is 76.1 Å². The molecule has 0 radical (unpaired) electrons. The molecular weight excluding hydrogens is 212 g/mol. The van der Waals surface area contributed by atoms with Crippen molar-refractivity contribution < 1.29 is 14.2 Å². The van der Waals surface area contributed by atoms with E-state index in [2.05, 4.69) is 15.9 Å². The quantitative estimate of drug-likeness (QED) is 0.463. The third kappa shape index (κ3) is 10.4. The van der Waals surface area contributed by atoms with Crippen LogP contribution in [-0.4, -0.2) is 38.6 Å². The fraction of sp³-hybridized carbons (Fsp3) is 1.00. The van der Waals surface area contributed by atoms with Gasteiger partial charge in [-0.25, -0.2) is 0 Å². The van der Waals surface area contributed by atoms with Crippen LogP contribution in [0.5, 0.6) is 0 Å². The average molecular weight is 227 g/mol. The fourth-order valence-electron chi connectivity index (χ4n) is 0.537. The number of halogens is 1. The van der Waals surface area contributed by atoms with Crippen LogP contribution in [0.15, 0.2) is 0 Å². The average Bonchev–Trinajstić information content (AvgIpc) is 2.03. The van der Waals surface area contributed by atoms with Gasteiger partial charge in [-0.15, -0.1) is 0 Å². The molecule has 3 nitrogen and oxygen atoms in total. The molecule has 0 amide bonds. The van der Waals surface area contributed by atoms with E-state index in [1.807, 2.05) is 6.92 Å². The van der Waals surface area contributed by atoms with Gasteiger partial charge in [0.25, 0.3) is 0 Å². The summed E-state index contributed by atoms with van der Waals surface area (Å²) in [7, 11) is 0. The number of rotatable bonds is 8. The van der Waals surface area contributed by atoms with Crippen molar-refractivity contribution in [2.24, 2.45) is 0 Å². The van der Waals surface area contributed by atoms with Crippen LogP contribution < -0.4 is 0 Å². The van der Waals surface area contributed by atoms with E-state index in [-0.39, 0.29) is 0 Å². The van der Waals surface area contributed by atoms with Gasteiger partial charge in [-0.2, -0.15) is 0 Å². The molecule has 0 aliphatic heterocycles. The SMILES string of the molecule is CCOCCOCCOCBr. The van der Waals surface area contributed by atoms with E-state index in [1.54, 1.807) is 0 Å². The van der Waals surface area contributed by atoms with Crippen LogP contribution in [-0.2, 0) is 14.2 Å². The van der Waals surface area contributed by atoms with E-state index in [9.17, 15) is 0 Å². The summed E-state index contributed by atoms with van der Waals surface area (Å²) >= 11 is 3.14. The van der Waals surface area contributed by atoms with Gasteiger partial charge in [-0.1, -0.05) is 15.9 Å². The molecule has 0 heterocycles. The first-order chi connectivity index (χ1) is 5.41. The third-order valence-electron chi connectivity index (χ3n) is 1.03. The summed E-state index contributed by atoms with van der Waals surface area (Å²) in [6.45, 7) is 5.32. The second-order valence-corrected chi connectivity index (χ2v) is 2.28. The van der Waals surface area contributed by atoms with Crippen LogP contribution in [0.1, 0.15) is 6.92 Å². The summed E-state index contributed by atoms with van der Waals surface area (Å²) in [6, 6.07) is 0. The zero-order valence-electron chi connectivity index (χ0n) is 6.85. The van der Waals surface area contributed by atoms with Crippen LogP contribution in [0.3, 0.4) is 0 Å². The van der Waals surface area contributed by atoms with E-state index in [0.717, 1.165) is 6.61 Å². The van der Waals surface area contributed by atoms with Gasteiger partial charge in [0.15, 0.2) is 0 Å². The van der Waals surface area contributed by atoms with Gasteiger partial charge in [-0.3, -0.25) is 0 Å². The second-order valence-electron chi connectivity index (χ2n) is 1.83. The third-order valence-corrected chi connectivity index (χ3v) is 1.35. The zero-order valence-corrected chi connectivity index (χ0v) is 8.43. The van der Waals surface area contributed by atoms with Gasteiger partial charge in [-0.05, 0) is 6.92 Å². The Morgan fingerprint density at radius 3 is 2.00 bits per heavy atom. The summed E-state index contributed by atoms with van der Waals surface area (Å²) in [5.74, 6) is 0. The lowest BCUT2D eigenvalue weighted by atomic mass is 10.7. The van der Waals surface area contributed by atoms with E-state index in [4.69, 9.17) is 14.2 Å². The van der Waals surface area contributed by atoms with Crippen LogP contribution >= 0.6 is 15.9 Å². The van der Waals surface area contributed by atoms with E-state index in [1.165, 1.54) is 0 Å². The summed E-state index contributed by atoms with van der Waals surface area (Å²) in [4.78, 5) is 0. The van der Waals surface area contributed by atoms with Crippen molar-refractivity contribution in [1.82, 2.24) is 0 Å². The highest BCUT2D eigenvalue weighted by Gasteiger charge is 1.87. The van der Waals surface area contributed by atoms with Crippen LogP contribution in [0.25, 0.3) is 0 Å². The van der Waals surface area contributed by atoms with Crippen molar-refractivity contribution in [2.45, 2.75) is 6.92 Å². The Balaban J connectivity index is 2.69. The standard InChI is InChI=1S/C7H15BrO3/c1-2-9-3-4-10-5-6-11-7-8/h2-7H2,1H3. The molecule has 0 unspecified atom stereocenters. The summed E-state index contributed by atoms with van der Waals surface area (Å²) < 4.78 is 15.2. The highest BCUT2D eigenvalue weighted by atomic mass is 79.9. The Bertz CT molecular complexity index is 62.7. The lowest BCUT2D eigenvalue weighted by molar-refractivity contribution is 0.0262. The predicted molar refractivity (Wildman–Crippen MR) is 47.1 cm³/mol. The number of ether oxygens (including phenoxy) is 3.